The first-order valence-corrected chi connectivity index (χ1v) is 10.1. The molecule has 146 valence electrons. The summed E-state index contributed by atoms with van der Waals surface area (Å²) in [6.07, 6.45) is 9.76. The molecule has 5 nitrogen and oxygen atoms in total. The first kappa shape index (κ1) is 18.7. The maximum absolute atomic E-state index is 13.4. The van der Waals surface area contributed by atoms with Crippen LogP contribution in [0.15, 0.2) is 48.6 Å². The lowest BCUT2D eigenvalue weighted by atomic mass is 9.81. The lowest BCUT2D eigenvalue weighted by molar-refractivity contribution is -0.139. The molecule has 5 heteroatoms. The Kier molecular flexibility index (Phi) is 4.69. The minimum Gasteiger partial charge on any atom is -0.343 e. The molecule has 0 aromatic heterocycles. The molecule has 1 heterocycles. The van der Waals surface area contributed by atoms with Gasteiger partial charge < -0.3 is 4.90 Å². The van der Waals surface area contributed by atoms with Gasteiger partial charge in [-0.15, -0.1) is 0 Å². The van der Waals surface area contributed by atoms with Crippen LogP contribution in [0.2, 0.25) is 0 Å². The molecule has 3 atom stereocenters. The van der Waals surface area contributed by atoms with Crippen LogP contribution in [-0.2, 0) is 4.79 Å². The second kappa shape index (κ2) is 7.04. The molecule has 0 spiro atoms. The van der Waals surface area contributed by atoms with Crippen molar-refractivity contribution in [2.45, 2.75) is 26.7 Å². The van der Waals surface area contributed by atoms with Crippen molar-refractivity contribution in [3.05, 3.63) is 59.7 Å². The van der Waals surface area contributed by atoms with E-state index in [4.69, 9.17) is 0 Å². The average molecular weight is 378 g/mol. The summed E-state index contributed by atoms with van der Waals surface area (Å²) in [7, 11) is 0. The molecule has 2 aliphatic carbocycles. The maximum atomic E-state index is 13.4. The lowest BCUT2D eigenvalue weighted by Gasteiger charge is -2.31. The van der Waals surface area contributed by atoms with Gasteiger partial charge in [-0.2, -0.15) is 0 Å². The molecule has 0 radical (unpaired) electrons. The van der Waals surface area contributed by atoms with Crippen LogP contribution in [-0.4, -0.2) is 47.2 Å². The number of fused-ring (bicyclic) bond motifs is 1. The van der Waals surface area contributed by atoms with E-state index in [0.717, 1.165) is 12.8 Å². The van der Waals surface area contributed by atoms with Crippen LogP contribution in [0.25, 0.3) is 0 Å². The van der Waals surface area contributed by atoms with Crippen LogP contribution in [0.3, 0.4) is 0 Å². The van der Waals surface area contributed by atoms with Gasteiger partial charge in [0.1, 0.15) is 0 Å². The van der Waals surface area contributed by atoms with Gasteiger partial charge in [-0.3, -0.25) is 19.3 Å². The third-order valence-corrected chi connectivity index (χ3v) is 6.52. The van der Waals surface area contributed by atoms with E-state index >= 15 is 0 Å². The highest BCUT2D eigenvalue weighted by Crippen LogP contribution is 2.61. The monoisotopic (exact) mass is 378 g/mol. The summed E-state index contributed by atoms with van der Waals surface area (Å²) in [5, 5.41) is 0. The molecule has 4 rings (SSSR count). The van der Waals surface area contributed by atoms with Crippen molar-refractivity contribution in [1.29, 1.82) is 0 Å². The molecule has 1 fully saturated rings. The van der Waals surface area contributed by atoms with E-state index in [1.807, 2.05) is 30.9 Å². The number of imide groups is 1. The number of carbonyl (C=O) groups excluding carboxylic acids is 3. The molecule has 0 N–H and O–H groups in total. The Hall–Kier alpha value is -2.69. The molecule has 1 aromatic rings. The molecule has 1 aromatic carbocycles. The Morgan fingerprint density at radius 1 is 1.11 bits per heavy atom. The Labute approximate surface area is 165 Å². The van der Waals surface area contributed by atoms with Crippen LogP contribution in [0.4, 0.5) is 0 Å². The summed E-state index contributed by atoms with van der Waals surface area (Å²) in [6.45, 7) is 5.64. The van der Waals surface area contributed by atoms with E-state index in [-0.39, 0.29) is 29.6 Å². The number of rotatable bonds is 6. The Morgan fingerprint density at radius 2 is 1.75 bits per heavy atom. The molecule has 3 aliphatic rings. The highest BCUT2D eigenvalue weighted by molar-refractivity contribution is 6.21. The smallest absolute Gasteiger partial charge is 0.261 e. The van der Waals surface area contributed by atoms with Gasteiger partial charge in [-0.1, -0.05) is 36.4 Å². The molecule has 3 amide bonds. The van der Waals surface area contributed by atoms with Crippen molar-refractivity contribution in [1.82, 2.24) is 9.80 Å². The third-order valence-electron chi connectivity index (χ3n) is 6.52. The third kappa shape index (κ3) is 2.72. The Bertz CT molecular complexity index is 849. The van der Waals surface area contributed by atoms with Gasteiger partial charge >= 0.3 is 0 Å². The number of benzene rings is 1. The van der Waals surface area contributed by atoms with Crippen molar-refractivity contribution in [3.63, 3.8) is 0 Å². The topological polar surface area (TPSA) is 57.7 Å². The number of hydrogen-bond acceptors (Lipinski definition) is 3. The zero-order valence-electron chi connectivity index (χ0n) is 16.4. The fourth-order valence-electron chi connectivity index (χ4n) is 4.84. The predicted molar refractivity (Wildman–Crippen MR) is 107 cm³/mol. The Balaban J connectivity index is 1.59. The average Bonchev–Trinajstić information content (AvgIpc) is 3.42. The zero-order chi connectivity index (χ0) is 19.9. The summed E-state index contributed by atoms with van der Waals surface area (Å²) >= 11 is 0. The van der Waals surface area contributed by atoms with Crippen LogP contribution >= 0.6 is 0 Å². The van der Waals surface area contributed by atoms with Crippen molar-refractivity contribution in [2.24, 2.45) is 17.3 Å². The molecule has 1 saturated carbocycles. The normalized spacial score (nSPS) is 27.9. The highest BCUT2D eigenvalue weighted by Gasteiger charge is 2.65. The predicted octanol–water partition coefficient (Wildman–Crippen LogP) is 3.29. The maximum Gasteiger partial charge on any atom is 0.261 e. The van der Waals surface area contributed by atoms with Crippen LogP contribution in [0.1, 0.15) is 47.4 Å². The number of hydrogen-bond donors (Lipinski definition) is 0. The fourth-order valence-corrected chi connectivity index (χ4v) is 4.84. The molecular formula is C23H26N2O3. The second-order valence-corrected chi connectivity index (χ2v) is 7.84. The summed E-state index contributed by atoms with van der Waals surface area (Å²) in [5.74, 6) is -0.203. The van der Waals surface area contributed by atoms with Gasteiger partial charge in [0, 0.05) is 19.6 Å². The van der Waals surface area contributed by atoms with Gasteiger partial charge in [-0.05, 0) is 50.7 Å². The molecule has 0 saturated heterocycles. The van der Waals surface area contributed by atoms with Crippen LogP contribution < -0.4 is 0 Å². The standard InChI is InChI=1S/C23H26N2O3/c1-3-24(4-2)22(28)23(16-10-6-5-7-11-16)14-17(23)15-25-20(26)18-12-8-9-13-19(18)21(25)27/h5-10,12-13,16-17H,3-4,11,14-15H2,1-2H3/t16?,17-,23+/m0/s1. The minimum atomic E-state index is -0.511. The summed E-state index contributed by atoms with van der Waals surface area (Å²) in [6, 6.07) is 6.95. The molecular weight excluding hydrogens is 352 g/mol. The summed E-state index contributed by atoms with van der Waals surface area (Å²) in [4.78, 5) is 42.2. The van der Waals surface area contributed by atoms with Crippen molar-refractivity contribution < 1.29 is 14.4 Å². The van der Waals surface area contributed by atoms with Crippen molar-refractivity contribution >= 4 is 17.7 Å². The highest BCUT2D eigenvalue weighted by atomic mass is 16.2. The molecule has 1 unspecified atom stereocenters. The first-order chi connectivity index (χ1) is 13.5. The van der Waals surface area contributed by atoms with Crippen LogP contribution in [0.5, 0.6) is 0 Å². The first-order valence-electron chi connectivity index (χ1n) is 10.1. The molecule has 28 heavy (non-hydrogen) atoms. The second-order valence-electron chi connectivity index (χ2n) is 7.84. The van der Waals surface area contributed by atoms with Gasteiger partial charge in [-0.25, -0.2) is 0 Å². The summed E-state index contributed by atoms with van der Waals surface area (Å²) in [5.41, 5.74) is 0.423. The summed E-state index contributed by atoms with van der Waals surface area (Å²) < 4.78 is 0. The minimum absolute atomic E-state index is 0.00367. The number of amides is 3. The largest absolute Gasteiger partial charge is 0.343 e. The Morgan fingerprint density at radius 3 is 2.29 bits per heavy atom. The van der Waals surface area contributed by atoms with E-state index in [1.165, 1.54) is 4.90 Å². The number of nitrogens with zero attached hydrogens (tertiary/aromatic N) is 2. The quantitative estimate of drug-likeness (QED) is 0.714. The van der Waals surface area contributed by atoms with Crippen molar-refractivity contribution in [3.8, 4) is 0 Å². The zero-order valence-corrected chi connectivity index (χ0v) is 16.4. The van der Waals surface area contributed by atoms with Gasteiger partial charge in [0.15, 0.2) is 0 Å². The van der Waals surface area contributed by atoms with Crippen LogP contribution in [0, 0.1) is 17.3 Å². The molecule has 0 bridgehead atoms. The van der Waals surface area contributed by atoms with Gasteiger partial charge in [0.2, 0.25) is 5.91 Å². The van der Waals surface area contributed by atoms with Gasteiger partial charge in [0.25, 0.3) is 11.8 Å². The van der Waals surface area contributed by atoms with E-state index in [2.05, 4.69) is 12.2 Å². The number of carbonyl (C=O) groups is 3. The van der Waals surface area contributed by atoms with Gasteiger partial charge in [0.05, 0.1) is 16.5 Å². The van der Waals surface area contributed by atoms with E-state index in [9.17, 15) is 14.4 Å². The van der Waals surface area contributed by atoms with E-state index in [0.29, 0.717) is 30.8 Å². The molecule has 1 aliphatic heterocycles. The van der Waals surface area contributed by atoms with Crippen molar-refractivity contribution in [2.75, 3.05) is 19.6 Å². The van der Waals surface area contributed by atoms with E-state index < -0.39 is 5.41 Å². The fraction of sp³-hybridized carbons (Fsp3) is 0.435. The SMILES string of the molecule is CCN(CC)C(=O)[C@@]1(C2C=CC=CC2)C[C@H]1CN1C(=O)c2ccccc2C1=O. The van der Waals surface area contributed by atoms with E-state index in [1.54, 1.807) is 24.3 Å². The number of allylic oxidation sites excluding steroid dienone is 4. The lowest BCUT2D eigenvalue weighted by Crippen LogP contribution is -2.43.